The van der Waals surface area contributed by atoms with E-state index in [1.807, 2.05) is 36.4 Å². The lowest BCUT2D eigenvalue weighted by molar-refractivity contribution is 0.415. The average molecular weight is 321 g/mol. The van der Waals surface area contributed by atoms with Gasteiger partial charge in [0.2, 0.25) is 0 Å². The summed E-state index contributed by atoms with van der Waals surface area (Å²) < 4.78 is 5.60. The third-order valence-electron chi connectivity index (χ3n) is 4.68. The fourth-order valence-electron chi connectivity index (χ4n) is 3.43. The highest BCUT2D eigenvalue weighted by Gasteiger charge is 2.16. The van der Waals surface area contributed by atoms with Gasteiger partial charge in [-0.3, -0.25) is 4.79 Å². The summed E-state index contributed by atoms with van der Waals surface area (Å²) in [6, 6.07) is 13.7. The van der Waals surface area contributed by atoms with Crippen molar-refractivity contribution < 1.29 is 4.74 Å². The van der Waals surface area contributed by atoms with Gasteiger partial charge in [-0.2, -0.15) is 0 Å². The van der Waals surface area contributed by atoms with Gasteiger partial charge in [0, 0.05) is 29.2 Å². The number of nitrogens with zero attached hydrogens (tertiary/aromatic N) is 1. The fraction of sp³-hybridized carbons (Fsp3) is 0.286. The molecule has 0 spiro atoms. The van der Waals surface area contributed by atoms with Gasteiger partial charge in [0.05, 0.1) is 12.8 Å². The molecule has 0 heterocycles. The quantitative estimate of drug-likeness (QED) is 0.708. The second-order valence-corrected chi connectivity index (χ2v) is 5.95. The van der Waals surface area contributed by atoms with Crippen molar-refractivity contribution in [2.75, 3.05) is 25.1 Å². The van der Waals surface area contributed by atoms with Gasteiger partial charge < -0.3 is 9.64 Å². The predicted octanol–water partition coefficient (Wildman–Crippen LogP) is 4.52. The van der Waals surface area contributed by atoms with Crippen LogP contribution in [0.3, 0.4) is 0 Å². The van der Waals surface area contributed by atoms with Gasteiger partial charge in [-0.1, -0.05) is 24.3 Å². The second-order valence-electron chi connectivity index (χ2n) is 5.95. The van der Waals surface area contributed by atoms with Crippen molar-refractivity contribution in [2.24, 2.45) is 0 Å². The Morgan fingerprint density at radius 3 is 2.17 bits per heavy atom. The Bertz CT molecular complexity index is 959. The molecule has 3 heteroatoms. The number of benzene rings is 2. The summed E-state index contributed by atoms with van der Waals surface area (Å²) in [6.07, 6.45) is 0. The van der Waals surface area contributed by atoms with Crippen molar-refractivity contribution in [3.63, 3.8) is 0 Å². The molecule has 3 rings (SSSR count). The number of hydrogen-bond donors (Lipinski definition) is 0. The molecule has 0 saturated heterocycles. The molecule has 124 valence electrons. The maximum atomic E-state index is 13.1. The summed E-state index contributed by atoms with van der Waals surface area (Å²) in [5, 5.41) is 3.46. The second kappa shape index (κ2) is 6.52. The molecule has 0 atom stereocenters. The van der Waals surface area contributed by atoms with Crippen molar-refractivity contribution in [1.82, 2.24) is 0 Å². The monoisotopic (exact) mass is 321 g/mol. The Hall–Kier alpha value is -2.55. The Morgan fingerprint density at radius 1 is 0.917 bits per heavy atom. The molecule has 3 aromatic rings. The SMILES string of the molecule is CCN(CC)c1c(OC)ccc2c(=O)c3ccccc3c(C)cc12. The normalized spacial score (nSPS) is 11.0. The fourth-order valence-corrected chi connectivity index (χ4v) is 3.43. The van der Waals surface area contributed by atoms with Gasteiger partial charge >= 0.3 is 0 Å². The Balaban J connectivity index is 2.57. The largest absolute Gasteiger partial charge is 0.495 e. The summed E-state index contributed by atoms with van der Waals surface area (Å²) >= 11 is 0. The van der Waals surface area contributed by atoms with E-state index in [0.717, 1.165) is 51.6 Å². The zero-order chi connectivity index (χ0) is 17.3. The molecule has 0 amide bonds. The first-order chi connectivity index (χ1) is 11.6. The van der Waals surface area contributed by atoms with Crippen LogP contribution >= 0.6 is 0 Å². The summed E-state index contributed by atoms with van der Waals surface area (Å²) in [4.78, 5) is 15.4. The molecule has 0 unspecified atom stereocenters. The number of fused-ring (bicyclic) bond motifs is 2. The predicted molar refractivity (Wildman–Crippen MR) is 103 cm³/mol. The highest BCUT2D eigenvalue weighted by molar-refractivity contribution is 6.02. The van der Waals surface area contributed by atoms with E-state index in [4.69, 9.17) is 4.74 Å². The van der Waals surface area contributed by atoms with Crippen LogP contribution in [0.15, 0.2) is 47.3 Å². The average Bonchev–Trinajstić information content (AvgIpc) is 2.72. The lowest BCUT2D eigenvalue weighted by Gasteiger charge is -2.24. The first kappa shape index (κ1) is 16.3. The topological polar surface area (TPSA) is 29.5 Å². The van der Waals surface area contributed by atoms with E-state index in [-0.39, 0.29) is 5.43 Å². The molecule has 24 heavy (non-hydrogen) atoms. The first-order valence-electron chi connectivity index (χ1n) is 8.40. The molecule has 0 aromatic heterocycles. The Labute approximate surface area is 142 Å². The van der Waals surface area contributed by atoms with Crippen LogP contribution in [0.2, 0.25) is 0 Å². The van der Waals surface area contributed by atoms with Crippen LogP contribution in [0.25, 0.3) is 21.5 Å². The van der Waals surface area contributed by atoms with E-state index in [0.29, 0.717) is 0 Å². The lowest BCUT2D eigenvalue weighted by atomic mass is 10.1. The number of hydrogen-bond acceptors (Lipinski definition) is 3. The van der Waals surface area contributed by atoms with Gasteiger partial charge in [-0.05, 0) is 49.9 Å². The molecule has 0 fully saturated rings. The van der Waals surface area contributed by atoms with E-state index in [2.05, 4.69) is 31.7 Å². The molecule has 3 nitrogen and oxygen atoms in total. The maximum Gasteiger partial charge on any atom is 0.194 e. The molecule has 3 aromatic carbocycles. The molecular weight excluding hydrogens is 298 g/mol. The number of rotatable bonds is 4. The molecule has 0 aliphatic rings. The van der Waals surface area contributed by atoms with Crippen LogP contribution < -0.4 is 15.1 Å². The van der Waals surface area contributed by atoms with E-state index in [9.17, 15) is 4.79 Å². The van der Waals surface area contributed by atoms with Gasteiger partial charge in [-0.25, -0.2) is 0 Å². The van der Waals surface area contributed by atoms with Crippen LogP contribution in [0.4, 0.5) is 5.69 Å². The van der Waals surface area contributed by atoms with Gasteiger partial charge in [0.25, 0.3) is 0 Å². The van der Waals surface area contributed by atoms with Crippen LogP contribution in [0.5, 0.6) is 5.75 Å². The van der Waals surface area contributed by atoms with Crippen LogP contribution in [0, 0.1) is 6.92 Å². The zero-order valence-corrected chi connectivity index (χ0v) is 14.7. The van der Waals surface area contributed by atoms with E-state index < -0.39 is 0 Å². The molecular formula is C21H23NO2. The van der Waals surface area contributed by atoms with Crippen LogP contribution in [-0.4, -0.2) is 20.2 Å². The summed E-state index contributed by atoms with van der Waals surface area (Å²) in [7, 11) is 1.68. The number of aryl methyl sites for hydroxylation is 1. The zero-order valence-electron chi connectivity index (χ0n) is 14.7. The van der Waals surface area contributed by atoms with E-state index >= 15 is 0 Å². The molecule has 0 aliphatic carbocycles. The van der Waals surface area contributed by atoms with E-state index in [1.54, 1.807) is 7.11 Å². The van der Waals surface area contributed by atoms with Crippen molar-refractivity contribution in [2.45, 2.75) is 20.8 Å². The molecule has 0 aliphatic heterocycles. The smallest absolute Gasteiger partial charge is 0.194 e. The summed E-state index contributed by atoms with van der Waals surface area (Å²) in [5.74, 6) is 0.806. The first-order valence-corrected chi connectivity index (χ1v) is 8.40. The van der Waals surface area contributed by atoms with Crippen LogP contribution in [0.1, 0.15) is 19.4 Å². The Kier molecular flexibility index (Phi) is 4.43. The third-order valence-corrected chi connectivity index (χ3v) is 4.68. The van der Waals surface area contributed by atoms with Crippen molar-refractivity contribution in [3.8, 4) is 5.75 Å². The Morgan fingerprint density at radius 2 is 1.54 bits per heavy atom. The van der Waals surface area contributed by atoms with E-state index in [1.165, 1.54) is 0 Å². The minimum Gasteiger partial charge on any atom is -0.495 e. The van der Waals surface area contributed by atoms with Crippen molar-refractivity contribution in [3.05, 3.63) is 58.3 Å². The molecule has 0 radical (unpaired) electrons. The van der Waals surface area contributed by atoms with Gasteiger partial charge in [-0.15, -0.1) is 0 Å². The standard InChI is InChI=1S/C21H23NO2/c1-5-22(6-2)20-18-13-14(3)15-9-7-8-10-16(15)21(23)17(18)11-12-19(20)24-4/h7-13H,5-6H2,1-4H3. The van der Waals surface area contributed by atoms with Crippen molar-refractivity contribution >= 4 is 27.2 Å². The van der Waals surface area contributed by atoms with Crippen molar-refractivity contribution in [1.29, 1.82) is 0 Å². The minimum atomic E-state index is 0.0739. The van der Waals surface area contributed by atoms with Gasteiger partial charge in [0.1, 0.15) is 5.75 Å². The summed E-state index contributed by atoms with van der Waals surface area (Å²) in [5.41, 5.74) is 2.17. The highest BCUT2D eigenvalue weighted by Crippen LogP contribution is 2.36. The highest BCUT2D eigenvalue weighted by atomic mass is 16.5. The third kappa shape index (κ3) is 2.50. The minimum absolute atomic E-state index is 0.0739. The summed E-state index contributed by atoms with van der Waals surface area (Å²) in [6.45, 7) is 8.01. The van der Waals surface area contributed by atoms with Crippen LogP contribution in [-0.2, 0) is 0 Å². The maximum absolute atomic E-state index is 13.1. The molecule has 0 saturated carbocycles. The number of methoxy groups -OCH3 is 1. The molecule has 0 N–H and O–H groups in total. The van der Waals surface area contributed by atoms with Gasteiger partial charge in [0.15, 0.2) is 5.43 Å². The number of ether oxygens (including phenoxy) is 1. The number of anilines is 1. The lowest BCUT2D eigenvalue weighted by Crippen LogP contribution is -2.23. The molecule has 0 bridgehead atoms.